The van der Waals surface area contributed by atoms with Gasteiger partial charge in [-0.15, -0.1) is 0 Å². The summed E-state index contributed by atoms with van der Waals surface area (Å²) in [5, 5.41) is 13.7. The highest BCUT2D eigenvalue weighted by molar-refractivity contribution is 7.45. The molecular weight excluding hydrogens is 659 g/mol. The molecule has 9 heteroatoms. The van der Waals surface area contributed by atoms with Crippen molar-refractivity contribution in [2.45, 2.75) is 174 Å². The highest BCUT2D eigenvalue weighted by atomic mass is 31.2. The number of nitrogens with zero attached hydrogens (tertiary/aromatic N) is 1. The molecule has 3 atom stereocenters. The molecule has 0 radical (unpaired) electrons. The number of carbonyl (C=O) groups excluding carboxylic acids is 1. The summed E-state index contributed by atoms with van der Waals surface area (Å²) < 4.78 is 23.1. The first-order valence-corrected chi connectivity index (χ1v) is 22.0. The van der Waals surface area contributed by atoms with Gasteiger partial charge in [0.15, 0.2) is 0 Å². The molecule has 298 valence electrons. The number of phosphoric acid groups is 1. The third-order valence-corrected chi connectivity index (χ3v) is 9.68. The minimum atomic E-state index is -4.59. The number of aliphatic hydroxyl groups is 1. The van der Waals surface area contributed by atoms with E-state index in [9.17, 15) is 19.4 Å². The number of unbranched alkanes of at least 4 members (excludes halogenated alkanes) is 17. The largest absolute Gasteiger partial charge is 0.756 e. The molecule has 0 fully saturated rings. The number of nitrogens with one attached hydrogen (secondary N) is 1. The maximum atomic E-state index is 12.8. The Bertz CT molecular complexity index is 975. The van der Waals surface area contributed by atoms with Crippen LogP contribution in [0.3, 0.4) is 0 Å². The molecule has 0 aromatic carbocycles. The molecule has 0 saturated carbocycles. The molecule has 0 rings (SSSR count). The molecule has 0 heterocycles. The zero-order valence-corrected chi connectivity index (χ0v) is 34.4. The smallest absolute Gasteiger partial charge is 0.268 e. The van der Waals surface area contributed by atoms with Crippen molar-refractivity contribution < 1.29 is 32.9 Å². The minimum absolute atomic E-state index is 0.0112. The number of hydrogen-bond acceptors (Lipinski definition) is 6. The summed E-state index contributed by atoms with van der Waals surface area (Å²) in [6, 6.07) is -0.909. The van der Waals surface area contributed by atoms with E-state index < -0.39 is 26.6 Å². The second-order valence-electron chi connectivity index (χ2n) is 15.0. The van der Waals surface area contributed by atoms with Gasteiger partial charge in [-0.1, -0.05) is 140 Å². The quantitative estimate of drug-likeness (QED) is 0.0287. The molecule has 0 aromatic heterocycles. The van der Waals surface area contributed by atoms with Gasteiger partial charge in [0.05, 0.1) is 39.9 Å². The Morgan fingerprint density at radius 3 is 1.67 bits per heavy atom. The Labute approximate surface area is 314 Å². The summed E-state index contributed by atoms with van der Waals surface area (Å²) in [7, 11) is 1.22. The molecular formula is C42H79N2O6P. The van der Waals surface area contributed by atoms with Crippen molar-refractivity contribution in [3.05, 3.63) is 48.6 Å². The molecule has 51 heavy (non-hydrogen) atoms. The van der Waals surface area contributed by atoms with Crippen LogP contribution in [0, 0.1) is 0 Å². The Morgan fingerprint density at radius 1 is 0.667 bits per heavy atom. The van der Waals surface area contributed by atoms with Crippen molar-refractivity contribution in [2.75, 3.05) is 40.9 Å². The SMILES string of the molecule is CCC/C=C/CC/C=C/CC/C=C/C(O)C(COP(=O)([O-])OCC[N+](C)(C)C)NC(=O)CCCCCCCCC/C=C\CCCCCCCCC. The Kier molecular flexibility index (Phi) is 33.2. The third-order valence-electron chi connectivity index (χ3n) is 8.72. The van der Waals surface area contributed by atoms with Gasteiger partial charge in [0.25, 0.3) is 7.82 Å². The van der Waals surface area contributed by atoms with E-state index in [1.54, 1.807) is 6.08 Å². The fraction of sp³-hybridized carbons (Fsp3) is 0.786. The average Bonchev–Trinajstić information content (AvgIpc) is 3.07. The van der Waals surface area contributed by atoms with Crippen molar-refractivity contribution in [3.63, 3.8) is 0 Å². The van der Waals surface area contributed by atoms with Crippen LogP contribution in [0.1, 0.15) is 162 Å². The fourth-order valence-corrected chi connectivity index (χ4v) is 6.14. The van der Waals surface area contributed by atoms with Crippen molar-refractivity contribution in [2.24, 2.45) is 0 Å². The number of likely N-dealkylation sites (N-methyl/N-ethyl adjacent to an activating group) is 1. The molecule has 8 nitrogen and oxygen atoms in total. The summed E-state index contributed by atoms with van der Waals surface area (Å²) in [5.41, 5.74) is 0. The van der Waals surface area contributed by atoms with E-state index >= 15 is 0 Å². The van der Waals surface area contributed by atoms with Crippen molar-refractivity contribution >= 4 is 13.7 Å². The Balaban J connectivity index is 4.47. The number of phosphoric ester groups is 1. The zero-order valence-electron chi connectivity index (χ0n) is 33.5. The Morgan fingerprint density at radius 2 is 1.14 bits per heavy atom. The zero-order chi connectivity index (χ0) is 37.9. The summed E-state index contributed by atoms with van der Waals surface area (Å²) >= 11 is 0. The van der Waals surface area contributed by atoms with Crippen LogP contribution in [-0.4, -0.2) is 68.5 Å². The molecule has 0 aliphatic heterocycles. The lowest BCUT2D eigenvalue weighted by Gasteiger charge is -2.29. The predicted molar refractivity (Wildman–Crippen MR) is 214 cm³/mol. The fourth-order valence-electron chi connectivity index (χ4n) is 5.42. The van der Waals surface area contributed by atoms with Crippen LogP contribution in [0.25, 0.3) is 0 Å². The van der Waals surface area contributed by atoms with Gasteiger partial charge in [0.2, 0.25) is 5.91 Å². The van der Waals surface area contributed by atoms with Crippen LogP contribution >= 0.6 is 7.82 Å². The monoisotopic (exact) mass is 739 g/mol. The van der Waals surface area contributed by atoms with Crippen molar-refractivity contribution in [1.29, 1.82) is 0 Å². The van der Waals surface area contributed by atoms with Gasteiger partial charge in [-0.05, 0) is 64.2 Å². The average molecular weight is 739 g/mol. The molecule has 0 aliphatic rings. The summed E-state index contributed by atoms with van der Waals surface area (Å²) in [5.74, 6) is -0.220. The molecule has 3 unspecified atom stereocenters. The number of aliphatic hydroxyl groups excluding tert-OH is 1. The maximum Gasteiger partial charge on any atom is 0.268 e. The van der Waals surface area contributed by atoms with Crippen LogP contribution in [0.4, 0.5) is 0 Å². The molecule has 2 N–H and O–H groups in total. The van der Waals surface area contributed by atoms with Crippen LogP contribution in [0.5, 0.6) is 0 Å². The number of hydrogen-bond donors (Lipinski definition) is 2. The van der Waals surface area contributed by atoms with Crippen LogP contribution in [0.15, 0.2) is 48.6 Å². The van der Waals surface area contributed by atoms with E-state index in [1.165, 1.54) is 89.9 Å². The molecule has 0 aliphatic carbocycles. The van der Waals surface area contributed by atoms with Gasteiger partial charge in [-0.3, -0.25) is 9.36 Å². The van der Waals surface area contributed by atoms with Crippen LogP contribution < -0.4 is 10.2 Å². The van der Waals surface area contributed by atoms with Gasteiger partial charge < -0.3 is 28.8 Å². The van der Waals surface area contributed by atoms with Gasteiger partial charge in [-0.25, -0.2) is 0 Å². The summed E-state index contributed by atoms with van der Waals surface area (Å²) in [6.45, 7) is 4.51. The van der Waals surface area contributed by atoms with E-state index in [2.05, 4.69) is 55.6 Å². The normalized spacial score (nSPS) is 15.0. The second-order valence-corrected chi connectivity index (χ2v) is 16.4. The van der Waals surface area contributed by atoms with Gasteiger partial charge in [0.1, 0.15) is 13.2 Å². The topological polar surface area (TPSA) is 108 Å². The highest BCUT2D eigenvalue weighted by Crippen LogP contribution is 2.38. The van der Waals surface area contributed by atoms with E-state index in [1.807, 2.05) is 27.2 Å². The number of quaternary nitrogens is 1. The van der Waals surface area contributed by atoms with Gasteiger partial charge in [0, 0.05) is 6.42 Å². The van der Waals surface area contributed by atoms with E-state index in [4.69, 9.17) is 9.05 Å². The Hall–Kier alpha value is -1.54. The van der Waals surface area contributed by atoms with Crippen LogP contribution in [0.2, 0.25) is 0 Å². The predicted octanol–water partition coefficient (Wildman–Crippen LogP) is 10.3. The first kappa shape index (κ1) is 49.5. The van der Waals surface area contributed by atoms with Crippen molar-refractivity contribution in [1.82, 2.24) is 5.32 Å². The highest BCUT2D eigenvalue weighted by Gasteiger charge is 2.23. The standard InChI is InChI=1S/C42H79N2O6P/c1-6-8-10-12-14-16-18-19-20-21-22-23-24-26-28-30-32-34-36-42(46)43-40(39-50-51(47,48)49-38-37-44(3,4)5)41(45)35-33-31-29-27-25-17-15-13-11-9-7-2/h11,13,20-21,25,27,33,35,40-41,45H,6-10,12,14-19,22-24,26,28-32,34,36-39H2,1-5H3,(H-,43,46,47,48)/b13-11+,21-20-,27-25+,35-33+. The first-order valence-electron chi connectivity index (χ1n) is 20.5. The van der Waals surface area contributed by atoms with E-state index in [0.717, 1.165) is 51.4 Å². The molecule has 0 spiro atoms. The number of allylic oxidation sites excluding steroid dienone is 7. The lowest BCUT2D eigenvalue weighted by Crippen LogP contribution is -2.45. The lowest BCUT2D eigenvalue weighted by molar-refractivity contribution is -0.870. The molecule has 1 amide bonds. The van der Waals surface area contributed by atoms with Crippen LogP contribution in [-0.2, 0) is 18.4 Å². The van der Waals surface area contributed by atoms with E-state index in [-0.39, 0.29) is 12.5 Å². The minimum Gasteiger partial charge on any atom is -0.756 e. The van der Waals surface area contributed by atoms with E-state index in [0.29, 0.717) is 17.4 Å². The van der Waals surface area contributed by atoms with Gasteiger partial charge in [-0.2, -0.15) is 0 Å². The molecule has 0 aromatic rings. The molecule has 0 bridgehead atoms. The van der Waals surface area contributed by atoms with Gasteiger partial charge >= 0.3 is 0 Å². The number of carbonyl (C=O) groups is 1. The number of amides is 1. The second kappa shape index (κ2) is 34.2. The summed E-state index contributed by atoms with van der Waals surface area (Å²) in [6.07, 6.45) is 41.6. The maximum absolute atomic E-state index is 12.8. The molecule has 0 saturated heterocycles. The van der Waals surface area contributed by atoms with Crippen molar-refractivity contribution in [3.8, 4) is 0 Å². The summed E-state index contributed by atoms with van der Waals surface area (Å²) in [4.78, 5) is 25.2. The number of rotatable bonds is 36. The first-order chi connectivity index (χ1) is 24.5. The lowest BCUT2D eigenvalue weighted by atomic mass is 10.1. The third kappa shape index (κ3) is 36.6.